The van der Waals surface area contributed by atoms with Gasteiger partial charge in [0.25, 0.3) is 0 Å². The van der Waals surface area contributed by atoms with E-state index in [1.54, 1.807) is 12.1 Å². The third-order valence-corrected chi connectivity index (χ3v) is 3.15. The third kappa shape index (κ3) is 3.55. The second kappa shape index (κ2) is 6.49. The van der Waals surface area contributed by atoms with E-state index in [9.17, 15) is 4.39 Å². The Morgan fingerprint density at radius 2 is 2.30 bits per heavy atom. The zero-order valence-electron chi connectivity index (χ0n) is 10.9. The lowest BCUT2D eigenvalue weighted by atomic mass is 10.1. The molecule has 6 heteroatoms. The van der Waals surface area contributed by atoms with Crippen LogP contribution in [0.2, 0.25) is 5.02 Å². The summed E-state index contributed by atoms with van der Waals surface area (Å²) in [6, 6.07) is 6.90. The molecule has 2 rings (SSSR count). The summed E-state index contributed by atoms with van der Waals surface area (Å²) >= 11 is 5.72. The van der Waals surface area contributed by atoms with E-state index in [2.05, 4.69) is 16.2 Å². The molecule has 0 saturated carbocycles. The fourth-order valence-electron chi connectivity index (χ4n) is 1.83. The van der Waals surface area contributed by atoms with Gasteiger partial charge in [0.05, 0.1) is 11.1 Å². The monoisotopic (exact) mass is 293 g/mol. The molecule has 0 saturated heterocycles. The third-order valence-electron chi connectivity index (χ3n) is 2.85. The van der Waals surface area contributed by atoms with Crippen LogP contribution in [0.1, 0.15) is 30.6 Å². The van der Waals surface area contributed by atoms with Gasteiger partial charge in [0, 0.05) is 19.3 Å². The molecule has 0 N–H and O–H groups in total. The van der Waals surface area contributed by atoms with Crippen molar-refractivity contribution in [3.63, 3.8) is 0 Å². The molecular weight excluding hydrogens is 281 g/mol. The van der Waals surface area contributed by atoms with E-state index < -0.39 is 5.82 Å². The van der Waals surface area contributed by atoms with E-state index in [1.807, 2.05) is 6.92 Å². The minimum Gasteiger partial charge on any atom is -0.339 e. The molecule has 2 aromatic rings. The highest BCUT2D eigenvalue weighted by atomic mass is 35.5. The lowest BCUT2D eigenvalue weighted by Gasteiger charge is -2.01. The van der Waals surface area contributed by atoms with Crippen molar-refractivity contribution in [3.8, 4) is 6.07 Å². The molecule has 20 heavy (non-hydrogen) atoms. The van der Waals surface area contributed by atoms with Gasteiger partial charge >= 0.3 is 0 Å². The summed E-state index contributed by atoms with van der Waals surface area (Å²) in [5.41, 5.74) is 0.426. The summed E-state index contributed by atoms with van der Waals surface area (Å²) in [5, 5.41) is 12.5. The smallest absolute Gasteiger partial charge is 0.226 e. The number of hydrogen-bond donors (Lipinski definition) is 0. The first kappa shape index (κ1) is 14.5. The molecule has 1 atom stereocenters. The molecule has 0 radical (unpaired) electrons. The number of rotatable bonds is 5. The first-order chi connectivity index (χ1) is 9.60. The Hall–Kier alpha value is -1.93. The first-order valence-corrected chi connectivity index (χ1v) is 6.59. The van der Waals surface area contributed by atoms with Crippen molar-refractivity contribution in [1.29, 1.82) is 5.26 Å². The largest absolute Gasteiger partial charge is 0.339 e. The molecule has 0 fully saturated rings. The molecule has 0 spiro atoms. The molecule has 0 aliphatic heterocycles. The molecule has 0 aliphatic carbocycles. The van der Waals surface area contributed by atoms with Gasteiger partial charge in [-0.1, -0.05) is 35.8 Å². The van der Waals surface area contributed by atoms with Gasteiger partial charge in [-0.25, -0.2) is 4.39 Å². The first-order valence-electron chi connectivity index (χ1n) is 6.21. The summed E-state index contributed by atoms with van der Waals surface area (Å²) in [6.45, 7) is 1.93. The van der Waals surface area contributed by atoms with Crippen LogP contribution in [0.5, 0.6) is 0 Å². The topological polar surface area (TPSA) is 62.7 Å². The zero-order chi connectivity index (χ0) is 14.5. The van der Waals surface area contributed by atoms with E-state index in [0.717, 1.165) is 0 Å². The summed E-state index contributed by atoms with van der Waals surface area (Å²) in [7, 11) is 0. The fraction of sp³-hybridized carbons (Fsp3) is 0.357. The molecule has 1 heterocycles. The molecule has 1 unspecified atom stereocenters. The van der Waals surface area contributed by atoms with Gasteiger partial charge in [0.2, 0.25) is 5.89 Å². The molecule has 0 bridgehead atoms. The number of halogens is 2. The average Bonchev–Trinajstić information content (AvgIpc) is 2.82. The highest BCUT2D eigenvalue weighted by molar-refractivity contribution is 6.30. The minimum atomic E-state index is -0.460. The second-order valence-corrected chi connectivity index (χ2v) is 5.07. The van der Waals surface area contributed by atoms with Crippen LogP contribution in [-0.4, -0.2) is 10.1 Å². The maximum absolute atomic E-state index is 13.8. The highest BCUT2D eigenvalue weighted by Gasteiger charge is 2.13. The van der Waals surface area contributed by atoms with E-state index in [-0.39, 0.29) is 17.4 Å². The zero-order valence-corrected chi connectivity index (χ0v) is 11.7. The van der Waals surface area contributed by atoms with Crippen molar-refractivity contribution in [3.05, 3.63) is 46.3 Å². The van der Waals surface area contributed by atoms with E-state index in [1.165, 1.54) is 6.07 Å². The Labute approximate surface area is 121 Å². The van der Waals surface area contributed by atoms with E-state index in [0.29, 0.717) is 30.1 Å². The van der Waals surface area contributed by atoms with Crippen LogP contribution < -0.4 is 0 Å². The quantitative estimate of drug-likeness (QED) is 0.846. The van der Waals surface area contributed by atoms with Crippen molar-refractivity contribution in [2.24, 2.45) is 5.92 Å². The van der Waals surface area contributed by atoms with Gasteiger partial charge in [0.15, 0.2) is 5.82 Å². The van der Waals surface area contributed by atoms with Crippen LogP contribution in [0.4, 0.5) is 4.39 Å². The van der Waals surface area contributed by atoms with Crippen LogP contribution in [0, 0.1) is 23.1 Å². The predicted molar refractivity (Wildman–Crippen MR) is 71.6 cm³/mol. The van der Waals surface area contributed by atoms with Crippen molar-refractivity contribution in [2.75, 3.05) is 0 Å². The number of hydrogen-bond acceptors (Lipinski definition) is 4. The Kier molecular flexibility index (Phi) is 4.70. The Bertz CT molecular complexity index is 636. The highest BCUT2D eigenvalue weighted by Crippen LogP contribution is 2.20. The lowest BCUT2D eigenvalue weighted by molar-refractivity contribution is 0.355. The Balaban J connectivity index is 2.06. The summed E-state index contributed by atoms with van der Waals surface area (Å²) < 4.78 is 18.8. The van der Waals surface area contributed by atoms with Gasteiger partial charge in [0.1, 0.15) is 5.82 Å². The fourth-order valence-corrected chi connectivity index (χ4v) is 2.02. The standard InChI is InChI=1S/C14H13ClFN3O/c1-9(5-6-17)7-13-18-12(19-20-13)8-10-3-2-4-11(15)14(10)16/h2-4,9H,5,7-8H2,1H3. The SMILES string of the molecule is CC(CC#N)Cc1nc(Cc2cccc(Cl)c2F)no1. The van der Waals surface area contributed by atoms with Crippen molar-refractivity contribution in [1.82, 2.24) is 10.1 Å². The van der Waals surface area contributed by atoms with Gasteiger partial charge in [-0.2, -0.15) is 10.2 Å². The summed E-state index contributed by atoms with van der Waals surface area (Å²) in [4.78, 5) is 4.20. The van der Waals surface area contributed by atoms with Crippen LogP contribution in [0.15, 0.2) is 22.7 Å². The minimum absolute atomic E-state index is 0.0776. The van der Waals surface area contributed by atoms with Crippen molar-refractivity contribution in [2.45, 2.75) is 26.2 Å². The lowest BCUT2D eigenvalue weighted by Crippen LogP contribution is -1.99. The van der Waals surface area contributed by atoms with Gasteiger partial charge < -0.3 is 4.52 Å². The second-order valence-electron chi connectivity index (χ2n) is 4.67. The van der Waals surface area contributed by atoms with E-state index in [4.69, 9.17) is 21.4 Å². The normalized spacial score (nSPS) is 12.1. The van der Waals surface area contributed by atoms with E-state index >= 15 is 0 Å². The number of benzene rings is 1. The molecule has 104 valence electrons. The van der Waals surface area contributed by atoms with Gasteiger partial charge in [-0.15, -0.1) is 0 Å². The summed E-state index contributed by atoms with van der Waals surface area (Å²) in [5.74, 6) is 0.560. The summed E-state index contributed by atoms with van der Waals surface area (Å²) in [6.07, 6.45) is 1.20. The van der Waals surface area contributed by atoms with Crippen LogP contribution in [-0.2, 0) is 12.8 Å². The van der Waals surface area contributed by atoms with Crippen LogP contribution in [0.3, 0.4) is 0 Å². The molecule has 1 aromatic carbocycles. The van der Waals surface area contributed by atoms with Crippen molar-refractivity contribution < 1.29 is 8.91 Å². The van der Waals surface area contributed by atoms with Crippen LogP contribution in [0.25, 0.3) is 0 Å². The number of nitrogens with zero attached hydrogens (tertiary/aromatic N) is 3. The molecular formula is C14H13ClFN3O. The number of aromatic nitrogens is 2. The molecule has 1 aromatic heterocycles. The maximum atomic E-state index is 13.8. The molecule has 0 amide bonds. The van der Waals surface area contributed by atoms with Gasteiger partial charge in [-0.3, -0.25) is 0 Å². The average molecular weight is 294 g/mol. The molecule has 0 aliphatic rings. The van der Waals surface area contributed by atoms with Crippen LogP contribution >= 0.6 is 11.6 Å². The Morgan fingerprint density at radius 1 is 1.50 bits per heavy atom. The van der Waals surface area contributed by atoms with Gasteiger partial charge in [-0.05, 0) is 17.5 Å². The number of nitriles is 1. The van der Waals surface area contributed by atoms with Crippen molar-refractivity contribution >= 4 is 11.6 Å². The predicted octanol–water partition coefficient (Wildman–Crippen LogP) is 3.55. The maximum Gasteiger partial charge on any atom is 0.226 e. The Morgan fingerprint density at radius 3 is 3.05 bits per heavy atom. The molecule has 4 nitrogen and oxygen atoms in total.